The van der Waals surface area contributed by atoms with Gasteiger partial charge in [0.15, 0.2) is 0 Å². The van der Waals surface area contributed by atoms with Crippen molar-refractivity contribution in [3.05, 3.63) is 27.8 Å². The molecule has 8 heteroatoms. The fourth-order valence-electron chi connectivity index (χ4n) is 1.94. The van der Waals surface area contributed by atoms with Crippen molar-refractivity contribution in [2.75, 3.05) is 18.5 Å². The van der Waals surface area contributed by atoms with E-state index in [9.17, 15) is 19.7 Å². The molecule has 0 saturated heterocycles. The highest BCUT2D eigenvalue weighted by Crippen LogP contribution is 2.33. The standard InChI is InChI=1S/C15H20N2O6/c1-4-22-14(19)6-5-7-23-12-8-10(2)15(16-11(3)18)13(9-12)17(20)21/h8-9H,4-7H2,1-3H3,(H,16,18). The van der Waals surface area contributed by atoms with Gasteiger partial charge >= 0.3 is 5.97 Å². The predicted octanol–water partition coefficient (Wildman–Crippen LogP) is 2.58. The van der Waals surface area contributed by atoms with Gasteiger partial charge in [-0.3, -0.25) is 19.7 Å². The van der Waals surface area contributed by atoms with E-state index in [1.54, 1.807) is 19.9 Å². The summed E-state index contributed by atoms with van der Waals surface area (Å²) in [5.41, 5.74) is 0.441. The molecule has 23 heavy (non-hydrogen) atoms. The van der Waals surface area contributed by atoms with Gasteiger partial charge in [0.2, 0.25) is 5.91 Å². The van der Waals surface area contributed by atoms with Crippen molar-refractivity contribution in [2.24, 2.45) is 0 Å². The van der Waals surface area contributed by atoms with Crippen LogP contribution in [0.25, 0.3) is 0 Å². The van der Waals surface area contributed by atoms with Crippen LogP contribution in [0, 0.1) is 17.0 Å². The van der Waals surface area contributed by atoms with Crippen LogP contribution < -0.4 is 10.1 Å². The molecule has 0 aliphatic rings. The topological polar surface area (TPSA) is 108 Å². The Morgan fingerprint density at radius 3 is 2.61 bits per heavy atom. The van der Waals surface area contributed by atoms with Crippen molar-refractivity contribution in [3.8, 4) is 5.75 Å². The van der Waals surface area contributed by atoms with Crippen LogP contribution in [0.1, 0.15) is 32.3 Å². The van der Waals surface area contributed by atoms with E-state index in [0.717, 1.165) is 0 Å². The Balaban J connectivity index is 2.75. The molecule has 1 rings (SSSR count). The third-order valence-electron chi connectivity index (χ3n) is 2.89. The summed E-state index contributed by atoms with van der Waals surface area (Å²) >= 11 is 0. The van der Waals surface area contributed by atoms with E-state index in [4.69, 9.17) is 9.47 Å². The first kappa shape index (κ1) is 18.4. The van der Waals surface area contributed by atoms with Crippen LogP contribution in [0.3, 0.4) is 0 Å². The van der Waals surface area contributed by atoms with E-state index in [1.165, 1.54) is 13.0 Å². The molecule has 8 nitrogen and oxygen atoms in total. The fourth-order valence-corrected chi connectivity index (χ4v) is 1.94. The number of nitrogens with zero attached hydrogens (tertiary/aromatic N) is 1. The average Bonchev–Trinajstić information content (AvgIpc) is 2.45. The van der Waals surface area contributed by atoms with Crippen LogP contribution in [0.4, 0.5) is 11.4 Å². The molecule has 0 unspecified atom stereocenters. The molecule has 0 saturated carbocycles. The molecule has 0 bridgehead atoms. The number of amides is 1. The number of hydrogen-bond acceptors (Lipinski definition) is 6. The van der Waals surface area contributed by atoms with Crippen LogP contribution in [-0.4, -0.2) is 30.0 Å². The van der Waals surface area contributed by atoms with Gasteiger partial charge in [0.1, 0.15) is 11.4 Å². The summed E-state index contributed by atoms with van der Waals surface area (Å²) in [6, 6.07) is 2.85. The maximum Gasteiger partial charge on any atom is 0.305 e. The zero-order valence-electron chi connectivity index (χ0n) is 13.4. The van der Waals surface area contributed by atoms with Crippen LogP contribution in [0.15, 0.2) is 12.1 Å². The number of nitrogens with one attached hydrogen (secondary N) is 1. The van der Waals surface area contributed by atoms with Crippen LogP contribution in [-0.2, 0) is 14.3 Å². The highest BCUT2D eigenvalue weighted by molar-refractivity contribution is 5.92. The second kappa shape index (κ2) is 8.72. The van der Waals surface area contributed by atoms with E-state index in [-0.39, 0.29) is 36.3 Å². The van der Waals surface area contributed by atoms with Crippen molar-refractivity contribution < 1.29 is 24.0 Å². The summed E-state index contributed by atoms with van der Waals surface area (Å²) in [4.78, 5) is 32.9. The fraction of sp³-hybridized carbons (Fsp3) is 0.467. The Morgan fingerprint density at radius 2 is 2.04 bits per heavy atom. The van der Waals surface area contributed by atoms with E-state index in [1.807, 2.05) is 0 Å². The van der Waals surface area contributed by atoms with Crippen molar-refractivity contribution >= 4 is 23.3 Å². The van der Waals surface area contributed by atoms with Crippen molar-refractivity contribution in [1.29, 1.82) is 0 Å². The van der Waals surface area contributed by atoms with E-state index >= 15 is 0 Å². The minimum atomic E-state index is -0.580. The Hall–Kier alpha value is -2.64. The molecule has 0 heterocycles. The van der Waals surface area contributed by atoms with E-state index in [0.29, 0.717) is 24.3 Å². The zero-order chi connectivity index (χ0) is 17.4. The number of esters is 1. The largest absolute Gasteiger partial charge is 0.493 e. The van der Waals surface area contributed by atoms with Crippen LogP contribution in [0.2, 0.25) is 0 Å². The SMILES string of the molecule is CCOC(=O)CCCOc1cc(C)c(NC(C)=O)c([N+](=O)[O-])c1. The monoisotopic (exact) mass is 324 g/mol. The molecule has 0 fully saturated rings. The van der Waals surface area contributed by atoms with Gasteiger partial charge < -0.3 is 14.8 Å². The maximum atomic E-state index is 11.2. The minimum absolute atomic E-state index is 0.154. The van der Waals surface area contributed by atoms with Gasteiger partial charge in [0.05, 0.1) is 24.2 Å². The molecule has 0 aromatic heterocycles. The molecular weight excluding hydrogens is 304 g/mol. The predicted molar refractivity (Wildman–Crippen MR) is 83.5 cm³/mol. The number of carbonyl (C=O) groups is 2. The maximum absolute atomic E-state index is 11.2. The summed E-state index contributed by atoms with van der Waals surface area (Å²) in [7, 11) is 0. The van der Waals surface area contributed by atoms with Crippen LogP contribution in [0.5, 0.6) is 5.75 Å². The molecule has 0 radical (unpaired) electrons. The zero-order valence-corrected chi connectivity index (χ0v) is 13.4. The Kier molecular flexibility index (Phi) is 6.98. The number of hydrogen-bond donors (Lipinski definition) is 1. The highest BCUT2D eigenvalue weighted by atomic mass is 16.6. The summed E-state index contributed by atoms with van der Waals surface area (Å²) < 4.78 is 10.2. The first-order valence-corrected chi connectivity index (χ1v) is 7.20. The molecule has 126 valence electrons. The lowest BCUT2D eigenvalue weighted by atomic mass is 10.1. The second-order valence-corrected chi connectivity index (χ2v) is 4.83. The highest BCUT2D eigenvalue weighted by Gasteiger charge is 2.19. The van der Waals surface area contributed by atoms with Gasteiger partial charge in [0.25, 0.3) is 5.69 Å². The van der Waals surface area contributed by atoms with Gasteiger partial charge in [-0.15, -0.1) is 0 Å². The summed E-state index contributed by atoms with van der Waals surface area (Å²) in [5, 5.41) is 13.6. The van der Waals surface area contributed by atoms with Crippen molar-refractivity contribution in [1.82, 2.24) is 0 Å². The molecule has 0 aliphatic carbocycles. The number of ether oxygens (including phenoxy) is 2. The molecule has 1 amide bonds. The average molecular weight is 324 g/mol. The quantitative estimate of drug-likeness (QED) is 0.341. The van der Waals surface area contributed by atoms with Gasteiger partial charge in [-0.25, -0.2) is 0 Å². The third kappa shape index (κ3) is 5.93. The lowest BCUT2D eigenvalue weighted by molar-refractivity contribution is -0.384. The molecule has 1 N–H and O–H groups in total. The number of nitro benzene ring substituents is 1. The molecular formula is C15H20N2O6. The minimum Gasteiger partial charge on any atom is -0.493 e. The molecule has 0 spiro atoms. The number of anilines is 1. The van der Waals surface area contributed by atoms with Crippen molar-refractivity contribution in [2.45, 2.75) is 33.6 Å². The van der Waals surface area contributed by atoms with Gasteiger partial charge in [-0.05, 0) is 31.9 Å². The molecule has 1 aromatic carbocycles. The summed E-state index contributed by atoms with van der Waals surface area (Å²) in [5.74, 6) is -0.384. The molecule has 0 aliphatic heterocycles. The third-order valence-corrected chi connectivity index (χ3v) is 2.89. The second-order valence-electron chi connectivity index (χ2n) is 4.83. The van der Waals surface area contributed by atoms with Gasteiger partial charge in [-0.1, -0.05) is 0 Å². The number of carbonyl (C=O) groups excluding carboxylic acids is 2. The molecule has 1 aromatic rings. The van der Waals surface area contributed by atoms with Gasteiger partial charge in [-0.2, -0.15) is 0 Å². The molecule has 0 atom stereocenters. The van der Waals surface area contributed by atoms with E-state index in [2.05, 4.69) is 5.32 Å². The lowest BCUT2D eigenvalue weighted by Crippen LogP contribution is -2.10. The smallest absolute Gasteiger partial charge is 0.305 e. The number of nitro groups is 1. The number of benzene rings is 1. The van der Waals surface area contributed by atoms with Crippen LogP contribution >= 0.6 is 0 Å². The van der Waals surface area contributed by atoms with Crippen molar-refractivity contribution in [3.63, 3.8) is 0 Å². The normalized spacial score (nSPS) is 10.0. The summed E-state index contributed by atoms with van der Waals surface area (Å²) in [6.07, 6.45) is 0.665. The first-order valence-electron chi connectivity index (χ1n) is 7.20. The Bertz CT molecular complexity index is 600. The lowest BCUT2D eigenvalue weighted by Gasteiger charge is -2.11. The summed E-state index contributed by atoms with van der Waals surface area (Å²) in [6.45, 7) is 5.21. The number of aryl methyl sites for hydroxylation is 1. The van der Waals surface area contributed by atoms with Gasteiger partial charge in [0, 0.05) is 13.3 Å². The Morgan fingerprint density at radius 1 is 1.35 bits per heavy atom. The number of rotatable bonds is 8. The first-order chi connectivity index (χ1) is 10.8. The van der Waals surface area contributed by atoms with E-state index < -0.39 is 4.92 Å². The Labute approximate surface area is 133 Å².